The standard InChI is InChI=1S/C18H18FN3O2/c1-12-10-21(13(2)23)15-5-3-4-6-16(15)22(11-12)18(24)14-7-8-17(19)20-9-14/h3-9,12H,10-11H2,1-2H3/t12-/m0/s1. The molecule has 0 saturated carbocycles. The molecule has 2 aromatic rings. The molecule has 2 heterocycles. The van der Waals surface area contributed by atoms with Crippen molar-refractivity contribution in [1.82, 2.24) is 4.98 Å². The van der Waals surface area contributed by atoms with Gasteiger partial charge in [0.15, 0.2) is 0 Å². The molecule has 124 valence electrons. The molecule has 1 atom stereocenters. The summed E-state index contributed by atoms with van der Waals surface area (Å²) in [5.41, 5.74) is 1.69. The number of nitrogens with zero attached hydrogens (tertiary/aromatic N) is 3. The van der Waals surface area contributed by atoms with Gasteiger partial charge in [-0.3, -0.25) is 9.59 Å². The number of hydrogen-bond donors (Lipinski definition) is 0. The summed E-state index contributed by atoms with van der Waals surface area (Å²) < 4.78 is 13.0. The van der Waals surface area contributed by atoms with Crippen LogP contribution in [0.25, 0.3) is 0 Å². The number of para-hydroxylation sites is 2. The first-order chi connectivity index (χ1) is 11.5. The highest BCUT2D eigenvalue weighted by atomic mass is 19.1. The summed E-state index contributed by atoms with van der Waals surface area (Å²) in [5.74, 6) is -0.850. The van der Waals surface area contributed by atoms with Crippen molar-refractivity contribution in [3.8, 4) is 0 Å². The third kappa shape index (κ3) is 2.99. The Balaban J connectivity index is 2.06. The van der Waals surface area contributed by atoms with Crippen LogP contribution in [0.4, 0.5) is 15.8 Å². The van der Waals surface area contributed by atoms with Crippen LogP contribution in [-0.2, 0) is 4.79 Å². The number of aromatic nitrogens is 1. The quantitative estimate of drug-likeness (QED) is 0.757. The lowest BCUT2D eigenvalue weighted by atomic mass is 10.1. The monoisotopic (exact) mass is 327 g/mol. The lowest BCUT2D eigenvalue weighted by Gasteiger charge is -2.24. The van der Waals surface area contributed by atoms with Crippen LogP contribution in [-0.4, -0.2) is 29.9 Å². The second-order valence-electron chi connectivity index (χ2n) is 6.01. The van der Waals surface area contributed by atoms with E-state index in [0.717, 1.165) is 0 Å². The maximum atomic E-state index is 13.0. The second-order valence-corrected chi connectivity index (χ2v) is 6.01. The Hall–Kier alpha value is -2.76. The normalized spacial score (nSPS) is 17.2. The van der Waals surface area contributed by atoms with Crippen LogP contribution in [0.2, 0.25) is 0 Å². The summed E-state index contributed by atoms with van der Waals surface area (Å²) in [4.78, 5) is 31.8. The first-order valence-electron chi connectivity index (χ1n) is 7.78. The summed E-state index contributed by atoms with van der Waals surface area (Å²) in [5, 5.41) is 0. The van der Waals surface area contributed by atoms with E-state index in [2.05, 4.69) is 4.98 Å². The number of rotatable bonds is 1. The third-order valence-electron chi connectivity index (χ3n) is 4.05. The predicted octanol–water partition coefficient (Wildman–Crippen LogP) is 2.87. The van der Waals surface area contributed by atoms with E-state index in [0.29, 0.717) is 30.0 Å². The molecular weight excluding hydrogens is 309 g/mol. The number of halogens is 1. The van der Waals surface area contributed by atoms with Gasteiger partial charge in [0, 0.05) is 26.2 Å². The van der Waals surface area contributed by atoms with Gasteiger partial charge in [-0.25, -0.2) is 4.98 Å². The summed E-state index contributed by atoms with van der Waals surface area (Å²) in [6.45, 7) is 4.52. The molecule has 0 N–H and O–H groups in total. The molecule has 0 saturated heterocycles. The molecule has 2 amide bonds. The van der Waals surface area contributed by atoms with Gasteiger partial charge in [-0.1, -0.05) is 19.1 Å². The zero-order valence-electron chi connectivity index (χ0n) is 13.6. The Morgan fingerprint density at radius 2 is 1.71 bits per heavy atom. The van der Waals surface area contributed by atoms with Crippen LogP contribution < -0.4 is 9.80 Å². The van der Waals surface area contributed by atoms with Gasteiger partial charge in [-0.2, -0.15) is 4.39 Å². The summed E-state index contributed by atoms with van der Waals surface area (Å²) >= 11 is 0. The van der Waals surface area contributed by atoms with Crippen molar-refractivity contribution in [1.29, 1.82) is 0 Å². The molecule has 1 aliphatic heterocycles. The Morgan fingerprint density at radius 3 is 2.29 bits per heavy atom. The van der Waals surface area contributed by atoms with Gasteiger partial charge >= 0.3 is 0 Å². The predicted molar refractivity (Wildman–Crippen MR) is 89.5 cm³/mol. The van der Waals surface area contributed by atoms with E-state index in [4.69, 9.17) is 0 Å². The van der Waals surface area contributed by atoms with E-state index in [9.17, 15) is 14.0 Å². The molecule has 1 aliphatic rings. The first kappa shape index (κ1) is 16.1. The van der Waals surface area contributed by atoms with E-state index in [1.54, 1.807) is 9.80 Å². The van der Waals surface area contributed by atoms with Crippen molar-refractivity contribution < 1.29 is 14.0 Å². The summed E-state index contributed by atoms with van der Waals surface area (Å²) in [7, 11) is 0. The molecule has 1 aromatic heterocycles. The third-order valence-corrected chi connectivity index (χ3v) is 4.05. The van der Waals surface area contributed by atoms with Crippen molar-refractivity contribution in [3.05, 3.63) is 54.1 Å². The zero-order valence-corrected chi connectivity index (χ0v) is 13.6. The van der Waals surface area contributed by atoms with Gasteiger partial charge in [-0.15, -0.1) is 0 Å². The van der Waals surface area contributed by atoms with Gasteiger partial charge in [0.2, 0.25) is 11.9 Å². The minimum Gasteiger partial charge on any atom is -0.310 e. The average Bonchev–Trinajstić information content (AvgIpc) is 2.72. The fourth-order valence-electron chi connectivity index (χ4n) is 2.95. The number of fused-ring (bicyclic) bond motifs is 1. The Morgan fingerprint density at radius 1 is 1.08 bits per heavy atom. The molecular formula is C18H18FN3O2. The van der Waals surface area contributed by atoms with Gasteiger partial charge in [0.1, 0.15) is 0 Å². The van der Waals surface area contributed by atoms with E-state index < -0.39 is 5.95 Å². The van der Waals surface area contributed by atoms with Crippen LogP contribution in [0.5, 0.6) is 0 Å². The molecule has 0 radical (unpaired) electrons. The van der Waals surface area contributed by atoms with Crippen LogP contribution >= 0.6 is 0 Å². The van der Waals surface area contributed by atoms with E-state index in [-0.39, 0.29) is 17.7 Å². The lowest BCUT2D eigenvalue weighted by molar-refractivity contribution is -0.116. The minimum atomic E-state index is -0.626. The number of amides is 2. The van der Waals surface area contributed by atoms with Crippen LogP contribution in [0, 0.1) is 11.9 Å². The minimum absolute atomic E-state index is 0.0629. The van der Waals surface area contributed by atoms with Crippen molar-refractivity contribution in [2.45, 2.75) is 13.8 Å². The molecule has 0 aliphatic carbocycles. The Kier molecular flexibility index (Phi) is 4.29. The molecule has 0 bridgehead atoms. The summed E-state index contributed by atoms with van der Waals surface area (Å²) in [6, 6.07) is 9.91. The highest BCUT2D eigenvalue weighted by molar-refractivity contribution is 6.09. The van der Waals surface area contributed by atoms with E-state index >= 15 is 0 Å². The fraction of sp³-hybridized carbons (Fsp3) is 0.278. The van der Waals surface area contributed by atoms with Crippen molar-refractivity contribution in [3.63, 3.8) is 0 Å². The number of carbonyl (C=O) groups excluding carboxylic acids is 2. The molecule has 1 aromatic carbocycles. The molecule has 24 heavy (non-hydrogen) atoms. The van der Waals surface area contributed by atoms with Gasteiger partial charge in [0.05, 0.1) is 16.9 Å². The average molecular weight is 327 g/mol. The Bertz CT molecular complexity index is 776. The molecule has 3 rings (SSSR count). The highest BCUT2D eigenvalue weighted by Gasteiger charge is 2.30. The molecule has 0 unspecified atom stereocenters. The number of benzene rings is 1. The van der Waals surface area contributed by atoms with Crippen LogP contribution in [0.15, 0.2) is 42.6 Å². The molecule has 0 fully saturated rings. The van der Waals surface area contributed by atoms with Crippen LogP contribution in [0.1, 0.15) is 24.2 Å². The van der Waals surface area contributed by atoms with Crippen molar-refractivity contribution in [2.24, 2.45) is 5.92 Å². The van der Waals surface area contributed by atoms with Crippen molar-refractivity contribution >= 4 is 23.2 Å². The topological polar surface area (TPSA) is 53.5 Å². The van der Waals surface area contributed by atoms with Crippen LogP contribution in [0.3, 0.4) is 0 Å². The summed E-state index contributed by atoms with van der Waals surface area (Å²) in [6.07, 6.45) is 1.23. The Labute approximate surface area is 139 Å². The van der Waals surface area contributed by atoms with E-state index in [1.165, 1.54) is 25.3 Å². The van der Waals surface area contributed by atoms with Gasteiger partial charge in [-0.05, 0) is 30.2 Å². The molecule has 0 spiro atoms. The number of carbonyl (C=O) groups is 2. The first-order valence-corrected chi connectivity index (χ1v) is 7.78. The maximum absolute atomic E-state index is 13.0. The molecule has 6 heteroatoms. The highest BCUT2D eigenvalue weighted by Crippen LogP contribution is 2.34. The second kappa shape index (κ2) is 6.39. The van der Waals surface area contributed by atoms with Gasteiger partial charge in [0.25, 0.3) is 5.91 Å². The number of pyridine rings is 1. The number of hydrogen-bond acceptors (Lipinski definition) is 3. The van der Waals surface area contributed by atoms with Crippen molar-refractivity contribution in [2.75, 3.05) is 22.9 Å². The largest absolute Gasteiger partial charge is 0.310 e. The number of anilines is 2. The van der Waals surface area contributed by atoms with Gasteiger partial charge < -0.3 is 9.80 Å². The van der Waals surface area contributed by atoms with E-state index in [1.807, 2.05) is 31.2 Å². The molecule has 5 nitrogen and oxygen atoms in total. The lowest BCUT2D eigenvalue weighted by Crippen LogP contribution is -2.35. The zero-order chi connectivity index (χ0) is 17.3. The smallest absolute Gasteiger partial charge is 0.259 e. The maximum Gasteiger partial charge on any atom is 0.259 e. The SMILES string of the molecule is CC(=O)N1C[C@H](C)CN(C(=O)c2ccc(F)nc2)c2ccccc21. The fourth-order valence-corrected chi connectivity index (χ4v) is 2.95.